The van der Waals surface area contributed by atoms with E-state index in [0.29, 0.717) is 36.7 Å². The molecule has 1 aromatic carbocycles. The molecule has 1 N–H and O–H groups in total. The Bertz CT molecular complexity index is 980. The number of carbonyl (C=O) groups excluding carboxylic acids is 1. The van der Waals surface area contributed by atoms with Crippen molar-refractivity contribution < 1.29 is 14.3 Å². The normalized spacial score (nSPS) is 15.9. The lowest BCUT2D eigenvalue weighted by atomic mass is 10.0. The molecule has 3 heterocycles. The number of fused-ring (bicyclic) bond motifs is 1. The molecule has 3 aromatic rings. The lowest BCUT2D eigenvalue weighted by molar-refractivity contribution is 0.0162. The van der Waals surface area contributed by atoms with Crippen molar-refractivity contribution >= 4 is 11.6 Å². The number of hydrogen-bond donors (Lipinski definition) is 1. The summed E-state index contributed by atoms with van der Waals surface area (Å²) in [4.78, 5) is 19.6. The average Bonchev–Trinajstić information content (AvgIpc) is 3.10. The molecule has 1 atom stereocenters. The molecule has 1 saturated heterocycles. The third-order valence-corrected chi connectivity index (χ3v) is 5.24. The van der Waals surface area contributed by atoms with E-state index in [2.05, 4.69) is 20.3 Å². The van der Waals surface area contributed by atoms with Gasteiger partial charge < -0.3 is 14.8 Å². The molecule has 1 aliphatic heterocycles. The molecule has 8 heteroatoms. The molecule has 0 saturated carbocycles. The summed E-state index contributed by atoms with van der Waals surface area (Å²) in [6.07, 6.45) is 3.46. The maximum absolute atomic E-state index is 13.0. The summed E-state index contributed by atoms with van der Waals surface area (Å²) >= 11 is 0. The Balaban J connectivity index is 1.55. The van der Waals surface area contributed by atoms with Gasteiger partial charge in [0.25, 0.3) is 5.91 Å². The van der Waals surface area contributed by atoms with Gasteiger partial charge in [0.05, 0.1) is 32.1 Å². The van der Waals surface area contributed by atoms with Crippen LogP contribution in [0.1, 0.15) is 27.7 Å². The van der Waals surface area contributed by atoms with Crippen LogP contribution in [0.15, 0.2) is 42.7 Å². The van der Waals surface area contributed by atoms with Crippen LogP contribution in [0, 0.1) is 6.92 Å². The zero-order chi connectivity index (χ0) is 20.2. The van der Waals surface area contributed by atoms with Crippen molar-refractivity contribution in [1.82, 2.24) is 24.8 Å². The van der Waals surface area contributed by atoms with E-state index in [0.717, 1.165) is 24.4 Å². The van der Waals surface area contributed by atoms with Crippen LogP contribution in [0.5, 0.6) is 5.75 Å². The molecular weight excluding hydrogens is 370 g/mol. The smallest absolute Gasteiger partial charge is 0.257 e. The first-order valence-electron chi connectivity index (χ1n) is 9.71. The summed E-state index contributed by atoms with van der Waals surface area (Å²) in [6, 6.07) is 9.83. The zero-order valence-corrected chi connectivity index (χ0v) is 16.7. The molecule has 1 unspecified atom stereocenters. The first-order chi connectivity index (χ1) is 14.2. The summed E-state index contributed by atoms with van der Waals surface area (Å²) in [5, 5.41) is 7.48. The van der Waals surface area contributed by atoms with Crippen LogP contribution in [0.2, 0.25) is 0 Å². The van der Waals surface area contributed by atoms with Gasteiger partial charge in [-0.2, -0.15) is 5.10 Å². The van der Waals surface area contributed by atoms with Crippen molar-refractivity contribution in [3.8, 4) is 5.75 Å². The van der Waals surface area contributed by atoms with Crippen LogP contribution >= 0.6 is 0 Å². The monoisotopic (exact) mass is 395 g/mol. The number of morpholine rings is 1. The van der Waals surface area contributed by atoms with Crippen LogP contribution < -0.4 is 10.1 Å². The molecule has 29 heavy (non-hydrogen) atoms. The van der Waals surface area contributed by atoms with Crippen LogP contribution in [-0.4, -0.2) is 65.4 Å². The number of nitrogens with one attached hydrogen (secondary N) is 1. The number of aryl methyl sites for hydroxylation is 1. The highest BCUT2D eigenvalue weighted by molar-refractivity contribution is 6.00. The largest absolute Gasteiger partial charge is 0.497 e. The van der Waals surface area contributed by atoms with Gasteiger partial charge in [0.15, 0.2) is 5.65 Å². The average molecular weight is 395 g/mol. The van der Waals surface area contributed by atoms with Crippen LogP contribution in [0.3, 0.4) is 0 Å². The molecule has 0 bridgehead atoms. The molecular formula is C21H25N5O3. The number of amides is 1. The zero-order valence-electron chi connectivity index (χ0n) is 16.7. The molecule has 1 amide bonds. The van der Waals surface area contributed by atoms with Crippen molar-refractivity contribution in [1.29, 1.82) is 0 Å². The Labute approximate surface area is 169 Å². The van der Waals surface area contributed by atoms with Crippen molar-refractivity contribution in [2.45, 2.75) is 13.0 Å². The fraction of sp³-hybridized carbons (Fsp3) is 0.381. The Morgan fingerprint density at radius 1 is 1.28 bits per heavy atom. The number of rotatable bonds is 6. The molecule has 4 rings (SSSR count). The van der Waals surface area contributed by atoms with Crippen molar-refractivity contribution in [2.24, 2.45) is 0 Å². The molecule has 0 spiro atoms. The first-order valence-corrected chi connectivity index (χ1v) is 9.71. The third-order valence-electron chi connectivity index (χ3n) is 5.24. The van der Waals surface area contributed by atoms with Gasteiger partial charge in [-0.25, -0.2) is 9.50 Å². The lowest BCUT2D eigenvalue weighted by Crippen LogP contribution is -2.43. The number of methoxy groups -OCH3 is 1. The number of hydrogen-bond acceptors (Lipinski definition) is 6. The van der Waals surface area contributed by atoms with E-state index < -0.39 is 0 Å². The highest BCUT2D eigenvalue weighted by Crippen LogP contribution is 2.24. The number of nitrogens with zero attached hydrogens (tertiary/aromatic N) is 4. The van der Waals surface area contributed by atoms with Crippen molar-refractivity contribution in [2.75, 3.05) is 40.0 Å². The van der Waals surface area contributed by atoms with Crippen LogP contribution in [0.4, 0.5) is 0 Å². The van der Waals surface area contributed by atoms with E-state index in [1.54, 1.807) is 30.1 Å². The van der Waals surface area contributed by atoms with Gasteiger partial charge in [-0.15, -0.1) is 0 Å². The second-order valence-corrected chi connectivity index (χ2v) is 7.00. The van der Waals surface area contributed by atoms with E-state index in [1.165, 1.54) is 0 Å². The Morgan fingerprint density at radius 3 is 2.76 bits per heavy atom. The molecule has 2 aromatic heterocycles. The Kier molecular flexibility index (Phi) is 5.73. The molecule has 0 aliphatic carbocycles. The van der Waals surface area contributed by atoms with Gasteiger partial charge in [-0.05, 0) is 30.7 Å². The predicted octanol–water partition coefficient (Wildman–Crippen LogP) is 1.85. The van der Waals surface area contributed by atoms with E-state index in [-0.39, 0.29) is 11.9 Å². The minimum absolute atomic E-state index is 0.0452. The van der Waals surface area contributed by atoms with Crippen molar-refractivity contribution in [3.05, 3.63) is 59.5 Å². The minimum Gasteiger partial charge on any atom is -0.497 e. The fourth-order valence-electron chi connectivity index (χ4n) is 3.71. The number of aromatic nitrogens is 3. The summed E-state index contributed by atoms with van der Waals surface area (Å²) in [5.74, 6) is 0.648. The van der Waals surface area contributed by atoms with E-state index >= 15 is 0 Å². The van der Waals surface area contributed by atoms with Gasteiger partial charge in [0.1, 0.15) is 11.3 Å². The van der Waals surface area contributed by atoms with Gasteiger partial charge in [-0.1, -0.05) is 12.1 Å². The number of benzene rings is 1. The topological polar surface area (TPSA) is 81.0 Å². The molecule has 152 valence electrons. The molecule has 0 radical (unpaired) electrons. The fourth-order valence-corrected chi connectivity index (χ4v) is 3.71. The number of ether oxygens (including phenoxy) is 2. The van der Waals surface area contributed by atoms with Crippen LogP contribution in [0.25, 0.3) is 5.65 Å². The van der Waals surface area contributed by atoms with E-state index in [4.69, 9.17) is 9.47 Å². The first kappa shape index (κ1) is 19.4. The van der Waals surface area contributed by atoms with Crippen molar-refractivity contribution in [3.63, 3.8) is 0 Å². The molecule has 1 fully saturated rings. The van der Waals surface area contributed by atoms with Gasteiger partial charge in [0.2, 0.25) is 0 Å². The lowest BCUT2D eigenvalue weighted by Gasteiger charge is -2.35. The van der Waals surface area contributed by atoms with Gasteiger partial charge >= 0.3 is 0 Å². The Hall–Kier alpha value is -2.97. The van der Waals surface area contributed by atoms with Gasteiger partial charge in [0, 0.05) is 32.0 Å². The second kappa shape index (κ2) is 8.59. The SMILES string of the molecule is COc1ccc(C(CNC(=O)c2c(C)nn3cccnc23)N2CCOCC2)cc1. The Morgan fingerprint density at radius 2 is 2.03 bits per heavy atom. The summed E-state index contributed by atoms with van der Waals surface area (Å²) in [6.45, 7) is 5.34. The third kappa shape index (κ3) is 4.08. The van der Waals surface area contributed by atoms with Crippen LogP contribution in [-0.2, 0) is 4.74 Å². The summed E-state index contributed by atoms with van der Waals surface area (Å²) in [5.41, 5.74) is 2.87. The van der Waals surface area contributed by atoms with E-state index in [1.807, 2.05) is 31.2 Å². The quantitative estimate of drug-likeness (QED) is 0.686. The highest BCUT2D eigenvalue weighted by Gasteiger charge is 2.25. The number of carbonyl (C=O) groups is 1. The summed E-state index contributed by atoms with van der Waals surface area (Å²) in [7, 11) is 1.65. The maximum Gasteiger partial charge on any atom is 0.257 e. The second-order valence-electron chi connectivity index (χ2n) is 7.00. The minimum atomic E-state index is -0.164. The summed E-state index contributed by atoms with van der Waals surface area (Å²) < 4.78 is 12.4. The molecule has 8 nitrogen and oxygen atoms in total. The maximum atomic E-state index is 13.0. The van der Waals surface area contributed by atoms with E-state index in [9.17, 15) is 4.79 Å². The standard InChI is InChI=1S/C21H25N5O3/c1-15-19(20-22-8-3-9-26(20)24-15)21(27)23-14-18(25-10-12-29-13-11-25)16-4-6-17(28-2)7-5-16/h3-9,18H,10-14H2,1-2H3,(H,23,27). The van der Waals surface area contributed by atoms with Gasteiger partial charge in [-0.3, -0.25) is 9.69 Å². The molecule has 1 aliphatic rings. The predicted molar refractivity (Wildman–Crippen MR) is 108 cm³/mol. The highest BCUT2D eigenvalue weighted by atomic mass is 16.5.